The molecule has 0 amide bonds. The summed E-state index contributed by atoms with van der Waals surface area (Å²) < 4.78 is 4.96. The molecule has 3 aromatic carbocycles. The second kappa shape index (κ2) is 10.0. The molecule has 0 aromatic heterocycles. The highest BCUT2D eigenvalue weighted by atomic mass is 35.5. The Morgan fingerprint density at radius 2 is 1.83 bits per heavy atom. The van der Waals surface area contributed by atoms with Gasteiger partial charge in [0.1, 0.15) is 0 Å². The molecule has 0 atom stereocenters. The molecule has 0 heterocycles. The molecule has 8 heteroatoms. The minimum Gasteiger partial charge on any atom is -0.462 e. The Kier molecular flexibility index (Phi) is 7.21. The second-order valence-electron chi connectivity index (χ2n) is 6.06. The number of rotatable bonds is 7. The zero-order chi connectivity index (χ0) is 21.5. The minimum atomic E-state index is -0.442. The van der Waals surface area contributed by atoms with E-state index in [9.17, 15) is 14.9 Å². The first-order valence-corrected chi connectivity index (χ1v) is 10.2. The molecule has 30 heavy (non-hydrogen) atoms. The van der Waals surface area contributed by atoms with Crippen molar-refractivity contribution in [1.29, 1.82) is 0 Å². The molecule has 0 aliphatic rings. The van der Waals surface area contributed by atoms with Gasteiger partial charge in [-0.15, -0.1) is 0 Å². The maximum Gasteiger partial charge on any atom is 0.338 e. The van der Waals surface area contributed by atoms with Gasteiger partial charge in [0.2, 0.25) is 0 Å². The van der Waals surface area contributed by atoms with E-state index in [1.54, 1.807) is 55.6 Å². The molecular formula is C22H17ClN2O4S. The highest BCUT2D eigenvalue weighted by Crippen LogP contribution is 2.32. The number of halogens is 1. The van der Waals surface area contributed by atoms with Crippen LogP contribution in [0.2, 0.25) is 5.02 Å². The predicted molar refractivity (Wildman–Crippen MR) is 118 cm³/mol. The van der Waals surface area contributed by atoms with Crippen molar-refractivity contribution < 1.29 is 14.5 Å². The number of nitro groups is 1. The SMILES string of the molecule is CCOC(=O)c1ccc(N=Cc2cc([N+](=O)[O-])ccc2Sc2ccc(Cl)cc2)cc1. The lowest BCUT2D eigenvalue weighted by Crippen LogP contribution is -2.03. The van der Waals surface area contributed by atoms with Crippen molar-refractivity contribution in [2.24, 2.45) is 4.99 Å². The van der Waals surface area contributed by atoms with Gasteiger partial charge >= 0.3 is 5.97 Å². The number of nitro benzene ring substituents is 1. The highest BCUT2D eigenvalue weighted by molar-refractivity contribution is 7.99. The van der Waals surface area contributed by atoms with Gasteiger partial charge in [-0.05, 0) is 61.5 Å². The largest absolute Gasteiger partial charge is 0.462 e. The van der Waals surface area contributed by atoms with Crippen molar-refractivity contribution in [3.8, 4) is 0 Å². The third-order valence-electron chi connectivity index (χ3n) is 3.98. The van der Waals surface area contributed by atoms with Crippen LogP contribution in [0.1, 0.15) is 22.8 Å². The maximum absolute atomic E-state index is 11.7. The van der Waals surface area contributed by atoms with E-state index in [2.05, 4.69) is 4.99 Å². The van der Waals surface area contributed by atoms with Crippen LogP contribution in [-0.2, 0) is 4.74 Å². The zero-order valence-corrected chi connectivity index (χ0v) is 17.5. The summed E-state index contributed by atoms with van der Waals surface area (Å²) >= 11 is 7.39. The lowest BCUT2D eigenvalue weighted by molar-refractivity contribution is -0.384. The predicted octanol–water partition coefficient (Wildman–Crippen LogP) is 6.33. The van der Waals surface area contributed by atoms with Crippen molar-refractivity contribution in [2.75, 3.05) is 6.61 Å². The molecule has 0 unspecified atom stereocenters. The molecule has 0 fully saturated rings. The number of carbonyl (C=O) groups excluding carboxylic acids is 1. The van der Waals surface area contributed by atoms with E-state index in [-0.39, 0.29) is 5.69 Å². The number of hydrogen-bond donors (Lipinski definition) is 0. The molecule has 0 spiro atoms. The van der Waals surface area contributed by atoms with Gasteiger partial charge in [-0.2, -0.15) is 0 Å². The average Bonchev–Trinajstić information content (AvgIpc) is 2.75. The molecule has 0 saturated carbocycles. The lowest BCUT2D eigenvalue weighted by Gasteiger charge is -2.06. The Morgan fingerprint density at radius 1 is 1.13 bits per heavy atom. The van der Waals surface area contributed by atoms with Gasteiger partial charge in [-0.3, -0.25) is 15.1 Å². The minimum absolute atomic E-state index is 0.0189. The summed E-state index contributed by atoms with van der Waals surface area (Å²) in [6, 6.07) is 18.6. The van der Waals surface area contributed by atoms with E-state index < -0.39 is 10.9 Å². The first-order chi connectivity index (χ1) is 14.5. The molecule has 0 bridgehead atoms. The van der Waals surface area contributed by atoms with Crippen molar-refractivity contribution in [2.45, 2.75) is 16.7 Å². The van der Waals surface area contributed by atoms with Gasteiger partial charge in [-0.25, -0.2) is 4.79 Å². The van der Waals surface area contributed by atoms with Crippen LogP contribution in [0.3, 0.4) is 0 Å². The van der Waals surface area contributed by atoms with Crippen LogP contribution in [0.4, 0.5) is 11.4 Å². The standard InChI is InChI=1S/C22H17ClN2O4S/c1-2-29-22(26)15-3-7-18(8-4-15)24-14-16-13-19(25(27)28)9-12-21(16)30-20-10-5-17(23)6-11-20/h3-14H,2H2,1H3. The Balaban J connectivity index is 1.87. The van der Waals surface area contributed by atoms with Crippen LogP contribution in [0, 0.1) is 10.1 Å². The summed E-state index contributed by atoms with van der Waals surface area (Å²) in [6.45, 7) is 2.05. The zero-order valence-electron chi connectivity index (χ0n) is 15.9. The topological polar surface area (TPSA) is 81.8 Å². The Morgan fingerprint density at radius 3 is 2.47 bits per heavy atom. The third kappa shape index (κ3) is 5.68. The van der Waals surface area contributed by atoms with Gasteiger partial charge < -0.3 is 4.74 Å². The fourth-order valence-corrected chi connectivity index (χ4v) is 3.53. The van der Waals surface area contributed by atoms with Gasteiger partial charge in [-0.1, -0.05) is 23.4 Å². The molecule has 152 valence electrons. The normalized spacial score (nSPS) is 10.9. The number of hydrogen-bond acceptors (Lipinski definition) is 6. The van der Waals surface area contributed by atoms with Crippen LogP contribution in [0.5, 0.6) is 0 Å². The summed E-state index contributed by atoms with van der Waals surface area (Å²) in [4.78, 5) is 28.6. The number of non-ortho nitro benzene ring substituents is 1. The summed E-state index contributed by atoms with van der Waals surface area (Å²) in [7, 11) is 0. The van der Waals surface area contributed by atoms with Crippen LogP contribution < -0.4 is 0 Å². The van der Waals surface area contributed by atoms with Gasteiger partial charge in [0.05, 0.1) is 22.8 Å². The second-order valence-corrected chi connectivity index (χ2v) is 7.61. The molecule has 3 aromatic rings. The monoisotopic (exact) mass is 440 g/mol. The van der Waals surface area contributed by atoms with Crippen molar-refractivity contribution in [1.82, 2.24) is 0 Å². The lowest BCUT2D eigenvalue weighted by atomic mass is 10.2. The third-order valence-corrected chi connectivity index (χ3v) is 5.33. The number of aliphatic imine (C=N–C) groups is 1. The summed E-state index contributed by atoms with van der Waals surface area (Å²) in [5.74, 6) is -0.395. The van der Waals surface area contributed by atoms with E-state index in [0.717, 1.165) is 9.79 Å². The Hall–Kier alpha value is -3.16. The Bertz CT molecular complexity index is 1080. The highest BCUT2D eigenvalue weighted by Gasteiger charge is 2.11. The molecule has 6 nitrogen and oxygen atoms in total. The van der Waals surface area contributed by atoms with Crippen molar-refractivity contribution in [3.63, 3.8) is 0 Å². The van der Waals surface area contributed by atoms with E-state index in [1.807, 2.05) is 12.1 Å². The number of benzene rings is 3. The number of carbonyl (C=O) groups is 1. The van der Waals surface area contributed by atoms with E-state index >= 15 is 0 Å². The van der Waals surface area contributed by atoms with E-state index in [4.69, 9.17) is 16.3 Å². The van der Waals surface area contributed by atoms with Crippen molar-refractivity contribution >= 4 is 46.9 Å². The number of nitrogens with zero attached hydrogens (tertiary/aromatic N) is 2. The summed E-state index contributed by atoms with van der Waals surface area (Å²) in [5.41, 5.74) is 1.63. The maximum atomic E-state index is 11.7. The van der Waals surface area contributed by atoms with Crippen LogP contribution in [0.25, 0.3) is 0 Å². The van der Waals surface area contributed by atoms with Gasteiger partial charge in [0.25, 0.3) is 5.69 Å². The number of ether oxygens (including phenoxy) is 1. The van der Waals surface area contributed by atoms with Crippen molar-refractivity contribution in [3.05, 3.63) is 93.0 Å². The fourth-order valence-electron chi connectivity index (χ4n) is 2.51. The molecule has 0 aliphatic carbocycles. The van der Waals surface area contributed by atoms with Crippen LogP contribution in [0.15, 0.2) is 81.5 Å². The van der Waals surface area contributed by atoms with E-state index in [0.29, 0.717) is 28.4 Å². The van der Waals surface area contributed by atoms with E-state index in [1.165, 1.54) is 23.9 Å². The summed E-state index contributed by atoms with van der Waals surface area (Å²) in [5, 5.41) is 11.8. The first-order valence-electron chi connectivity index (χ1n) is 8.99. The van der Waals surface area contributed by atoms with Crippen LogP contribution in [-0.4, -0.2) is 23.7 Å². The van der Waals surface area contributed by atoms with Gasteiger partial charge in [0, 0.05) is 38.7 Å². The molecular weight excluding hydrogens is 424 g/mol. The fraction of sp³-hybridized carbons (Fsp3) is 0.0909. The van der Waals surface area contributed by atoms with Gasteiger partial charge in [0.15, 0.2) is 0 Å². The molecule has 0 aliphatic heterocycles. The first kappa shape index (κ1) is 21.5. The molecule has 0 radical (unpaired) electrons. The quantitative estimate of drug-likeness (QED) is 0.185. The molecule has 3 rings (SSSR count). The molecule has 0 N–H and O–H groups in total. The number of esters is 1. The average molecular weight is 441 g/mol. The summed E-state index contributed by atoms with van der Waals surface area (Å²) in [6.07, 6.45) is 1.57. The Labute approximate surface area is 182 Å². The molecule has 0 saturated heterocycles. The van der Waals surface area contributed by atoms with Crippen LogP contribution >= 0.6 is 23.4 Å². The smallest absolute Gasteiger partial charge is 0.338 e.